The number of hydrogen-bond acceptors (Lipinski definition) is 4. The van der Waals surface area contributed by atoms with E-state index in [-0.39, 0.29) is 5.91 Å². The molecule has 0 saturated carbocycles. The van der Waals surface area contributed by atoms with Crippen molar-refractivity contribution < 1.29 is 4.79 Å². The molecule has 3 N–H and O–H groups in total. The Bertz CT molecular complexity index is 607. The number of benzene rings is 1. The number of anilines is 1. The molecule has 1 aromatic carbocycles. The van der Waals surface area contributed by atoms with Crippen molar-refractivity contribution in [3.8, 4) is 0 Å². The summed E-state index contributed by atoms with van der Waals surface area (Å²) < 4.78 is 0. The number of carbonyl (C=O) groups is 1. The van der Waals surface area contributed by atoms with Gasteiger partial charge in [0.05, 0.1) is 5.01 Å². The van der Waals surface area contributed by atoms with Crippen LogP contribution >= 0.6 is 11.3 Å². The van der Waals surface area contributed by atoms with Crippen LogP contribution in [0.4, 0.5) is 5.69 Å². The molecule has 2 aromatic rings. The smallest absolute Gasteiger partial charge is 0.251 e. The van der Waals surface area contributed by atoms with Crippen molar-refractivity contribution >= 4 is 22.9 Å². The van der Waals surface area contributed by atoms with Gasteiger partial charge in [0.15, 0.2) is 0 Å². The molecule has 0 aliphatic rings. The van der Waals surface area contributed by atoms with Gasteiger partial charge in [0.1, 0.15) is 0 Å². The molecular weight excluding hydrogens is 270 g/mol. The summed E-state index contributed by atoms with van der Waals surface area (Å²) in [6.07, 6.45) is 3.67. The SMILES string of the molecule is CCc1cnc(CCNC(=O)c2cc(N)ccc2C)s1. The maximum Gasteiger partial charge on any atom is 0.251 e. The Labute approximate surface area is 123 Å². The van der Waals surface area contributed by atoms with E-state index in [1.165, 1.54) is 4.88 Å². The summed E-state index contributed by atoms with van der Waals surface area (Å²) in [5, 5.41) is 3.98. The molecule has 0 saturated heterocycles. The van der Waals surface area contributed by atoms with E-state index in [2.05, 4.69) is 17.2 Å². The van der Waals surface area contributed by atoms with Gasteiger partial charge in [-0.05, 0) is 31.0 Å². The monoisotopic (exact) mass is 289 g/mol. The lowest BCUT2D eigenvalue weighted by Gasteiger charge is -2.07. The molecule has 1 heterocycles. The fourth-order valence-electron chi connectivity index (χ4n) is 1.89. The minimum atomic E-state index is -0.0814. The fourth-order valence-corrected chi connectivity index (χ4v) is 2.75. The molecule has 0 fully saturated rings. The Balaban J connectivity index is 1.90. The average molecular weight is 289 g/mol. The third kappa shape index (κ3) is 3.57. The van der Waals surface area contributed by atoms with E-state index in [9.17, 15) is 4.79 Å². The van der Waals surface area contributed by atoms with Crippen molar-refractivity contribution in [1.82, 2.24) is 10.3 Å². The average Bonchev–Trinajstić information content (AvgIpc) is 2.89. The summed E-state index contributed by atoms with van der Waals surface area (Å²) in [5.41, 5.74) is 7.89. The third-order valence-corrected chi connectivity index (χ3v) is 4.28. The maximum atomic E-state index is 12.1. The first-order chi connectivity index (χ1) is 9.60. The summed E-state index contributed by atoms with van der Waals surface area (Å²) in [6.45, 7) is 4.61. The van der Waals surface area contributed by atoms with Crippen LogP contribution in [0.2, 0.25) is 0 Å². The second kappa shape index (κ2) is 6.52. The molecule has 0 bridgehead atoms. The number of nitrogens with one attached hydrogen (secondary N) is 1. The van der Waals surface area contributed by atoms with Crippen molar-refractivity contribution in [1.29, 1.82) is 0 Å². The van der Waals surface area contributed by atoms with Gasteiger partial charge >= 0.3 is 0 Å². The van der Waals surface area contributed by atoms with Gasteiger partial charge in [-0.2, -0.15) is 0 Å². The first-order valence-electron chi connectivity index (χ1n) is 6.68. The number of nitrogens with zero attached hydrogens (tertiary/aromatic N) is 1. The number of nitrogen functional groups attached to an aromatic ring is 1. The van der Waals surface area contributed by atoms with E-state index < -0.39 is 0 Å². The van der Waals surface area contributed by atoms with Crippen molar-refractivity contribution in [2.75, 3.05) is 12.3 Å². The number of aromatic nitrogens is 1. The van der Waals surface area contributed by atoms with E-state index in [0.717, 1.165) is 23.4 Å². The zero-order chi connectivity index (χ0) is 14.5. The van der Waals surface area contributed by atoms with Crippen LogP contribution in [0.3, 0.4) is 0 Å². The van der Waals surface area contributed by atoms with Gasteiger partial charge in [-0.25, -0.2) is 4.98 Å². The third-order valence-electron chi connectivity index (χ3n) is 3.08. The Morgan fingerprint density at radius 3 is 2.95 bits per heavy atom. The first kappa shape index (κ1) is 14.5. The molecule has 4 nitrogen and oxygen atoms in total. The second-order valence-electron chi connectivity index (χ2n) is 4.65. The number of carbonyl (C=O) groups excluding carboxylic acids is 1. The highest BCUT2D eigenvalue weighted by molar-refractivity contribution is 7.11. The molecule has 0 aliphatic carbocycles. The Morgan fingerprint density at radius 2 is 2.25 bits per heavy atom. The molecule has 5 heteroatoms. The van der Waals surface area contributed by atoms with Crippen molar-refractivity contribution in [2.24, 2.45) is 0 Å². The number of aryl methyl sites for hydroxylation is 2. The lowest BCUT2D eigenvalue weighted by molar-refractivity contribution is 0.0953. The van der Waals surface area contributed by atoms with Gasteiger partial charge in [0, 0.05) is 35.3 Å². The zero-order valence-corrected chi connectivity index (χ0v) is 12.6. The highest BCUT2D eigenvalue weighted by Crippen LogP contribution is 2.14. The molecule has 0 unspecified atom stereocenters. The van der Waals surface area contributed by atoms with Crippen LogP contribution in [0.5, 0.6) is 0 Å². The summed E-state index contributed by atoms with van der Waals surface area (Å²) in [4.78, 5) is 17.7. The Hall–Kier alpha value is -1.88. The van der Waals surface area contributed by atoms with Crippen molar-refractivity contribution in [3.63, 3.8) is 0 Å². The summed E-state index contributed by atoms with van der Waals surface area (Å²) in [5.74, 6) is -0.0814. The van der Waals surface area contributed by atoms with Gasteiger partial charge in [-0.15, -0.1) is 11.3 Å². The van der Waals surface area contributed by atoms with Gasteiger partial charge in [0.2, 0.25) is 0 Å². The van der Waals surface area contributed by atoms with E-state index >= 15 is 0 Å². The molecule has 0 spiro atoms. The second-order valence-corrected chi connectivity index (χ2v) is 5.85. The molecule has 1 aromatic heterocycles. The van der Waals surface area contributed by atoms with Crippen LogP contribution in [0.1, 0.15) is 32.7 Å². The predicted molar refractivity (Wildman–Crippen MR) is 83.1 cm³/mol. The van der Waals surface area contributed by atoms with Crippen LogP contribution in [-0.2, 0) is 12.8 Å². The Morgan fingerprint density at radius 1 is 1.45 bits per heavy atom. The van der Waals surface area contributed by atoms with Gasteiger partial charge < -0.3 is 11.1 Å². The number of amides is 1. The number of hydrogen-bond donors (Lipinski definition) is 2. The molecule has 1 amide bonds. The molecule has 2 rings (SSSR count). The van der Waals surface area contributed by atoms with E-state index in [0.29, 0.717) is 17.8 Å². The van der Waals surface area contributed by atoms with Crippen molar-refractivity contribution in [2.45, 2.75) is 26.7 Å². The van der Waals surface area contributed by atoms with Gasteiger partial charge in [0.25, 0.3) is 5.91 Å². The molecule has 20 heavy (non-hydrogen) atoms. The first-order valence-corrected chi connectivity index (χ1v) is 7.49. The minimum absolute atomic E-state index is 0.0814. The van der Waals surface area contributed by atoms with Crippen molar-refractivity contribution in [3.05, 3.63) is 45.4 Å². The summed E-state index contributed by atoms with van der Waals surface area (Å²) in [6, 6.07) is 5.37. The molecule has 0 aliphatic heterocycles. The van der Waals surface area contributed by atoms with Crippen LogP contribution in [0, 0.1) is 6.92 Å². The van der Waals surface area contributed by atoms with Gasteiger partial charge in [-0.3, -0.25) is 4.79 Å². The summed E-state index contributed by atoms with van der Waals surface area (Å²) in [7, 11) is 0. The quantitative estimate of drug-likeness (QED) is 0.831. The molecule has 0 atom stereocenters. The van der Waals surface area contributed by atoms with Crippen LogP contribution in [0.15, 0.2) is 24.4 Å². The minimum Gasteiger partial charge on any atom is -0.399 e. The van der Waals surface area contributed by atoms with Crippen LogP contribution in [0.25, 0.3) is 0 Å². The van der Waals surface area contributed by atoms with Gasteiger partial charge in [-0.1, -0.05) is 13.0 Å². The molecular formula is C15H19N3OS. The predicted octanol–water partition coefficient (Wildman–Crippen LogP) is 2.57. The standard InChI is InChI=1S/C15H19N3OS/c1-3-12-9-18-14(20-12)6-7-17-15(19)13-8-11(16)5-4-10(13)2/h4-5,8-9H,3,6-7,16H2,1-2H3,(H,17,19). The van der Waals surface area contributed by atoms with Crippen LogP contribution < -0.4 is 11.1 Å². The fraction of sp³-hybridized carbons (Fsp3) is 0.333. The van der Waals surface area contributed by atoms with E-state index in [4.69, 9.17) is 5.73 Å². The maximum absolute atomic E-state index is 12.1. The number of rotatable bonds is 5. The lowest BCUT2D eigenvalue weighted by Crippen LogP contribution is -2.26. The largest absolute Gasteiger partial charge is 0.399 e. The van der Waals surface area contributed by atoms with Crippen LogP contribution in [-0.4, -0.2) is 17.4 Å². The summed E-state index contributed by atoms with van der Waals surface area (Å²) >= 11 is 1.70. The van der Waals surface area contributed by atoms with E-state index in [1.54, 1.807) is 23.5 Å². The molecule has 106 valence electrons. The number of thiazole rings is 1. The lowest BCUT2D eigenvalue weighted by atomic mass is 10.1. The topological polar surface area (TPSA) is 68.0 Å². The zero-order valence-electron chi connectivity index (χ0n) is 11.8. The normalized spacial score (nSPS) is 10.5. The number of nitrogens with two attached hydrogens (primary N) is 1. The van der Waals surface area contributed by atoms with E-state index in [1.807, 2.05) is 19.2 Å². The highest BCUT2D eigenvalue weighted by Gasteiger charge is 2.09. The Kier molecular flexibility index (Phi) is 4.74. The highest BCUT2D eigenvalue weighted by atomic mass is 32.1. The molecule has 0 radical (unpaired) electrons.